The average Bonchev–Trinajstić information content (AvgIpc) is 3.01. The zero-order valence-electron chi connectivity index (χ0n) is 18.2. The Morgan fingerprint density at radius 3 is 2.74 bits per heavy atom. The van der Waals surface area contributed by atoms with Gasteiger partial charge in [-0.05, 0) is 90.0 Å². The van der Waals surface area contributed by atoms with Crippen LogP contribution in [0.2, 0.25) is 0 Å². The molecule has 0 radical (unpaired) electrons. The van der Waals surface area contributed by atoms with Crippen molar-refractivity contribution in [2.75, 3.05) is 0 Å². The minimum atomic E-state index is -0.736. The summed E-state index contributed by atoms with van der Waals surface area (Å²) in [5, 5.41) is 20.3. The summed E-state index contributed by atoms with van der Waals surface area (Å²) in [5.74, 6) is 1.48. The number of benzene rings is 2. The van der Waals surface area contributed by atoms with Crippen LogP contribution in [0.1, 0.15) is 61.6 Å². The summed E-state index contributed by atoms with van der Waals surface area (Å²) in [6, 6.07) is 16.8. The highest BCUT2D eigenvalue weighted by atomic mass is 16.5. The van der Waals surface area contributed by atoms with Crippen LogP contribution in [0, 0.1) is 23.2 Å². The number of aliphatic carboxylic acids is 1. The van der Waals surface area contributed by atoms with Gasteiger partial charge in [-0.2, -0.15) is 0 Å². The van der Waals surface area contributed by atoms with Crippen molar-refractivity contribution in [3.8, 4) is 5.75 Å². The number of ether oxygens (including phenoxy) is 1. The molecule has 0 unspecified atom stereocenters. The van der Waals surface area contributed by atoms with Gasteiger partial charge in [-0.15, -0.1) is 0 Å². The van der Waals surface area contributed by atoms with Crippen molar-refractivity contribution in [1.29, 1.82) is 0 Å². The molecule has 0 aliphatic heterocycles. The Labute approximate surface area is 184 Å². The van der Waals surface area contributed by atoms with Crippen molar-refractivity contribution in [2.45, 2.75) is 64.1 Å². The summed E-state index contributed by atoms with van der Waals surface area (Å²) in [6.45, 7) is 2.78. The predicted octanol–water partition coefficient (Wildman–Crippen LogP) is 5.18. The van der Waals surface area contributed by atoms with E-state index in [1.165, 1.54) is 11.1 Å². The SMILES string of the molecule is C[C@]12CC[C@@H]3c4ccc(OCc5ccccc5)cc4CC[C@H]3[C@@H]1[C@@H](CC(=O)O)C[C@@H]2O. The molecular weight excluding hydrogens is 388 g/mol. The van der Waals surface area contributed by atoms with E-state index in [1.807, 2.05) is 18.2 Å². The first-order valence-electron chi connectivity index (χ1n) is 11.6. The first-order chi connectivity index (χ1) is 15.0. The standard InChI is InChI=1S/C27H32O4/c1-27-12-11-22-21-10-8-20(31-16-17-5-3-2-4-6-17)13-18(21)7-9-23(22)26(27)19(14-24(27)28)15-25(29)30/h2-6,8,10,13,19,22-24,26,28H,7,9,11-12,14-16H2,1H3,(H,29,30)/t19-,22-,23-,24+,26+,27-/m1/s1. The molecule has 4 heteroatoms. The van der Waals surface area contributed by atoms with E-state index in [0.717, 1.165) is 37.0 Å². The second kappa shape index (κ2) is 7.98. The van der Waals surface area contributed by atoms with Crippen LogP contribution < -0.4 is 4.74 Å². The van der Waals surface area contributed by atoms with Gasteiger partial charge < -0.3 is 14.9 Å². The number of hydrogen-bond acceptors (Lipinski definition) is 3. The number of aliphatic hydroxyl groups is 1. The fraction of sp³-hybridized carbons (Fsp3) is 0.519. The lowest BCUT2D eigenvalue weighted by molar-refractivity contribution is -0.139. The highest BCUT2D eigenvalue weighted by molar-refractivity contribution is 5.67. The molecule has 2 aromatic carbocycles. The molecule has 0 aromatic heterocycles. The summed E-state index contributed by atoms with van der Waals surface area (Å²) in [6.07, 6.45) is 4.56. The fourth-order valence-electron chi connectivity index (χ4n) is 7.08. The van der Waals surface area contributed by atoms with Gasteiger partial charge in [-0.1, -0.05) is 43.3 Å². The molecule has 3 aliphatic rings. The Kier molecular flexibility index (Phi) is 5.29. The van der Waals surface area contributed by atoms with Gasteiger partial charge in [0.2, 0.25) is 0 Å². The molecule has 6 atom stereocenters. The van der Waals surface area contributed by atoms with E-state index in [2.05, 4.69) is 37.3 Å². The molecule has 0 amide bonds. The molecular formula is C27H32O4. The number of carboxylic acid groups (broad SMARTS) is 1. The number of rotatable bonds is 5. The number of hydrogen-bond donors (Lipinski definition) is 2. The van der Waals surface area contributed by atoms with Crippen LogP contribution in [-0.4, -0.2) is 22.3 Å². The highest BCUT2D eigenvalue weighted by Gasteiger charge is 2.58. The maximum absolute atomic E-state index is 11.5. The van der Waals surface area contributed by atoms with Crippen LogP contribution in [-0.2, 0) is 17.8 Å². The summed E-state index contributed by atoms with van der Waals surface area (Å²) in [5.41, 5.74) is 3.82. The monoisotopic (exact) mass is 420 g/mol. The van der Waals surface area contributed by atoms with Crippen molar-refractivity contribution in [3.05, 3.63) is 65.2 Å². The number of carboxylic acids is 1. The van der Waals surface area contributed by atoms with Crippen molar-refractivity contribution in [1.82, 2.24) is 0 Å². The Morgan fingerprint density at radius 1 is 1.16 bits per heavy atom. The smallest absolute Gasteiger partial charge is 0.303 e. The van der Waals surface area contributed by atoms with Crippen molar-refractivity contribution in [3.63, 3.8) is 0 Å². The minimum Gasteiger partial charge on any atom is -0.489 e. The summed E-state index contributed by atoms with van der Waals surface area (Å²) >= 11 is 0. The van der Waals surface area contributed by atoms with Crippen LogP contribution in [0.5, 0.6) is 5.75 Å². The third-order valence-electron chi connectivity index (χ3n) is 8.47. The topological polar surface area (TPSA) is 66.8 Å². The quantitative estimate of drug-likeness (QED) is 0.699. The lowest BCUT2D eigenvalue weighted by Gasteiger charge is -2.51. The second-order valence-electron chi connectivity index (χ2n) is 10.1. The first kappa shape index (κ1) is 20.6. The van der Waals surface area contributed by atoms with Crippen molar-refractivity contribution < 1.29 is 19.7 Å². The summed E-state index contributed by atoms with van der Waals surface area (Å²) < 4.78 is 6.06. The van der Waals surface area contributed by atoms with E-state index in [4.69, 9.17) is 4.74 Å². The predicted molar refractivity (Wildman–Crippen MR) is 119 cm³/mol. The molecule has 3 aliphatic carbocycles. The van der Waals surface area contributed by atoms with Gasteiger partial charge >= 0.3 is 5.97 Å². The molecule has 0 saturated heterocycles. The van der Waals surface area contributed by atoms with Gasteiger partial charge in [0.05, 0.1) is 6.10 Å². The molecule has 5 rings (SSSR count). The van der Waals surface area contributed by atoms with Crippen LogP contribution in [0.4, 0.5) is 0 Å². The molecule has 4 nitrogen and oxygen atoms in total. The molecule has 2 saturated carbocycles. The minimum absolute atomic E-state index is 0.0836. The fourth-order valence-corrected chi connectivity index (χ4v) is 7.08. The normalized spacial score (nSPS) is 33.8. The van der Waals surface area contributed by atoms with Gasteiger partial charge in [-0.3, -0.25) is 4.79 Å². The van der Waals surface area contributed by atoms with E-state index in [-0.39, 0.29) is 23.9 Å². The number of fused-ring (bicyclic) bond motifs is 5. The molecule has 0 spiro atoms. The van der Waals surface area contributed by atoms with Crippen molar-refractivity contribution in [2.24, 2.45) is 23.2 Å². The summed E-state index contributed by atoms with van der Waals surface area (Å²) in [7, 11) is 0. The third-order valence-corrected chi connectivity index (χ3v) is 8.47. The van der Waals surface area contributed by atoms with Gasteiger partial charge in [0.1, 0.15) is 12.4 Å². The van der Waals surface area contributed by atoms with Crippen LogP contribution in [0.25, 0.3) is 0 Å². The van der Waals surface area contributed by atoms with E-state index >= 15 is 0 Å². The zero-order valence-corrected chi connectivity index (χ0v) is 18.2. The maximum atomic E-state index is 11.5. The second-order valence-corrected chi connectivity index (χ2v) is 10.1. The highest BCUT2D eigenvalue weighted by Crippen LogP contribution is 2.63. The molecule has 164 valence electrons. The Morgan fingerprint density at radius 2 is 1.97 bits per heavy atom. The molecule has 0 heterocycles. The molecule has 2 aromatic rings. The zero-order chi connectivity index (χ0) is 21.6. The summed E-state index contributed by atoms with van der Waals surface area (Å²) in [4.78, 5) is 11.5. The van der Waals surface area contributed by atoms with Crippen LogP contribution >= 0.6 is 0 Å². The Balaban J connectivity index is 1.37. The van der Waals surface area contributed by atoms with E-state index < -0.39 is 5.97 Å². The number of aryl methyl sites for hydroxylation is 1. The Hall–Kier alpha value is -2.33. The number of aliphatic hydroxyl groups excluding tert-OH is 1. The molecule has 31 heavy (non-hydrogen) atoms. The van der Waals surface area contributed by atoms with Gasteiger partial charge in [-0.25, -0.2) is 0 Å². The largest absolute Gasteiger partial charge is 0.489 e. The average molecular weight is 421 g/mol. The maximum Gasteiger partial charge on any atom is 0.303 e. The lowest BCUT2D eigenvalue weighted by Crippen LogP contribution is -2.45. The number of carbonyl (C=O) groups is 1. The Bertz CT molecular complexity index is 955. The van der Waals surface area contributed by atoms with E-state index in [0.29, 0.717) is 30.8 Å². The molecule has 0 bridgehead atoms. The molecule has 2 fully saturated rings. The van der Waals surface area contributed by atoms with Gasteiger partial charge in [0, 0.05) is 6.42 Å². The first-order valence-corrected chi connectivity index (χ1v) is 11.6. The van der Waals surface area contributed by atoms with Crippen LogP contribution in [0.15, 0.2) is 48.5 Å². The third kappa shape index (κ3) is 3.65. The van der Waals surface area contributed by atoms with Gasteiger partial charge in [0.25, 0.3) is 0 Å². The van der Waals surface area contributed by atoms with Crippen molar-refractivity contribution >= 4 is 5.97 Å². The molecule has 2 N–H and O–H groups in total. The van der Waals surface area contributed by atoms with Gasteiger partial charge in [0.15, 0.2) is 0 Å². The van der Waals surface area contributed by atoms with E-state index in [1.54, 1.807) is 0 Å². The lowest BCUT2D eigenvalue weighted by atomic mass is 9.54. The van der Waals surface area contributed by atoms with E-state index in [9.17, 15) is 15.0 Å². The van der Waals surface area contributed by atoms with Crippen LogP contribution in [0.3, 0.4) is 0 Å².